The van der Waals surface area contributed by atoms with Gasteiger partial charge in [-0.2, -0.15) is 5.01 Å². The smallest absolute Gasteiger partial charge is 0.191 e. The number of fused-ring (bicyclic) bond motifs is 5. The van der Waals surface area contributed by atoms with Gasteiger partial charge in [0.1, 0.15) is 5.75 Å². The Morgan fingerprint density at radius 3 is 2.65 bits per heavy atom. The maximum Gasteiger partial charge on any atom is 0.191 e. The van der Waals surface area contributed by atoms with Crippen LogP contribution in [-0.4, -0.2) is 30.4 Å². The van der Waals surface area contributed by atoms with Gasteiger partial charge in [0.2, 0.25) is 0 Å². The molecule has 3 aliphatic rings. The molecule has 1 saturated heterocycles. The molecule has 1 spiro atoms. The van der Waals surface area contributed by atoms with E-state index in [0.29, 0.717) is 0 Å². The second kappa shape index (κ2) is 7.40. The molecule has 0 aliphatic carbocycles. The standard InChI is InChI=1S/C27H29N3O/c1-2-16-29-17-14-27(15-18-29)30-25(23-11-5-6-13-26(23)31-27)19-24(28-30)22-12-7-9-20-8-3-4-10-21(20)22/h3-13,19,25,28H,2,14-18H2,1H3/p+1/t25-/m0/s1. The number of hydrogen-bond acceptors (Lipinski definition) is 3. The Labute approximate surface area is 184 Å². The summed E-state index contributed by atoms with van der Waals surface area (Å²) in [7, 11) is 0. The van der Waals surface area contributed by atoms with Gasteiger partial charge in [0, 0.05) is 11.1 Å². The first-order chi connectivity index (χ1) is 15.3. The normalized spacial score (nSPS) is 27.3. The van der Waals surface area contributed by atoms with Gasteiger partial charge in [0.05, 0.1) is 44.2 Å². The summed E-state index contributed by atoms with van der Waals surface area (Å²) in [6.45, 7) is 5.85. The highest BCUT2D eigenvalue weighted by Gasteiger charge is 2.52. The first kappa shape index (κ1) is 18.9. The second-order valence-corrected chi connectivity index (χ2v) is 9.12. The topological polar surface area (TPSA) is 28.9 Å². The molecule has 31 heavy (non-hydrogen) atoms. The lowest BCUT2D eigenvalue weighted by molar-refractivity contribution is -0.908. The summed E-state index contributed by atoms with van der Waals surface area (Å²) in [6, 6.07) is 24.0. The van der Waals surface area contributed by atoms with Gasteiger partial charge >= 0.3 is 0 Å². The van der Waals surface area contributed by atoms with Crippen molar-refractivity contribution in [3.05, 3.63) is 83.9 Å². The van der Waals surface area contributed by atoms with Gasteiger partial charge in [-0.3, -0.25) is 0 Å². The number of hydrogen-bond donors (Lipinski definition) is 2. The van der Waals surface area contributed by atoms with E-state index in [4.69, 9.17) is 4.74 Å². The number of hydrazine groups is 1. The first-order valence-electron chi connectivity index (χ1n) is 11.6. The molecule has 3 aromatic rings. The number of benzene rings is 3. The number of ether oxygens (including phenoxy) is 1. The summed E-state index contributed by atoms with van der Waals surface area (Å²) < 4.78 is 6.79. The summed E-state index contributed by atoms with van der Waals surface area (Å²) >= 11 is 0. The molecule has 4 heteroatoms. The van der Waals surface area contributed by atoms with Crippen LogP contribution in [0.25, 0.3) is 16.5 Å². The minimum atomic E-state index is -0.293. The largest absolute Gasteiger partial charge is 0.470 e. The van der Waals surface area contributed by atoms with E-state index < -0.39 is 0 Å². The van der Waals surface area contributed by atoms with Gasteiger partial charge in [0.15, 0.2) is 5.72 Å². The number of quaternary nitrogens is 1. The molecule has 2 N–H and O–H groups in total. The van der Waals surface area contributed by atoms with Crippen LogP contribution in [0.5, 0.6) is 5.75 Å². The molecule has 1 atom stereocenters. The molecule has 158 valence electrons. The highest BCUT2D eigenvalue weighted by Crippen LogP contribution is 2.47. The zero-order chi connectivity index (χ0) is 20.8. The number of para-hydroxylation sites is 1. The van der Waals surface area contributed by atoms with Crippen LogP contribution >= 0.6 is 0 Å². The average Bonchev–Trinajstić information content (AvgIpc) is 3.27. The summed E-state index contributed by atoms with van der Waals surface area (Å²) in [5, 5.41) is 4.97. The summed E-state index contributed by atoms with van der Waals surface area (Å²) in [5.74, 6) is 1.04. The van der Waals surface area contributed by atoms with Gasteiger partial charge in [0.25, 0.3) is 0 Å². The Kier molecular flexibility index (Phi) is 4.51. The Morgan fingerprint density at radius 2 is 1.77 bits per heavy atom. The Balaban J connectivity index is 1.41. The maximum atomic E-state index is 6.79. The van der Waals surface area contributed by atoms with Crippen LogP contribution in [0.4, 0.5) is 0 Å². The van der Waals surface area contributed by atoms with Crippen molar-refractivity contribution in [3.8, 4) is 5.75 Å². The first-order valence-corrected chi connectivity index (χ1v) is 11.6. The lowest BCUT2D eigenvalue weighted by Gasteiger charge is -2.50. The van der Waals surface area contributed by atoms with E-state index in [2.05, 4.69) is 90.2 Å². The third-order valence-corrected chi connectivity index (χ3v) is 7.24. The molecule has 3 aliphatic heterocycles. The fourth-order valence-electron chi connectivity index (χ4n) is 5.68. The summed E-state index contributed by atoms with van der Waals surface area (Å²) in [6.07, 6.45) is 5.72. The Bertz CT molecular complexity index is 1140. The van der Waals surface area contributed by atoms with Crippen molar-refractivity contribution in [3.63, 3.8) is 0 Å². The molecule has 6 rings (SSSR count). The predicted octanol–water partition coefficient (Wildman–Crippen LogP) is 3.92. The molecule has 1 fully saturated rings. The van der Waals surface area contributed by atoms with Gasteiger partial charge in [-0.15, -0.1) is 0 Å². The second-order valence-electron chi connectivity index (χ2n) is 9.12. The van der Waals surface area contributed by atoms with Crippen LogP contribution in [0.15, 0.2) is 72.8 Å². The van der Waals surface area contributed by atoms with Crippen LogP contribution in [0.3, 0.4) is 0 Å². The van der Waals surface area contributed by atoms with Crippen LogP contribution in [0.2, 0.25) is 0 Å². The van der Waals surface area contributed by atoms with E-state index in [1.54, 1.807) is 4.90 Å². The maximum absolute atomic E-state index is 6.79. The van der Waals surface area contributed by atoms with Crippen LogP contribution < -0.4 is 15.1 Å². The van der Waals surface area contributed by atoms with Gasteiger partial charge < -0.3 is 15.1 Å². The third-order valence-electron chi connectivity index (χ3n) is 7.24. The summed E-state index contributed by atoms with van der Waals surface area (Å²) in [5.41, 5.74) is 7.21. The van der Waals surface area contributed by atoms with Crippen molar-refractivity contribution in [1.82, 2.24) is 10.4 Å². The molecule has 0 saturated carbocycles. The Morgan fingerprint density at radius 1 is 1.00 bits per heavy atom. The van der Waals surface area contributed by atoms with Crippen LogP contribution in [0.1, 0.15) is 43.4 Å². The van der Waals surface area contributed by atoms with E-state index >= 15 is 0 Å². The molecular formula is C27H30N3O+. The molecule has 3 aromatic carbocycles. The van der Waals surface area contributed by atoms with Crippen molar-refractivity contribution < 1.29 is 9.64 Å². The van der Waals surface area contributed by atoms with E-state index in [0.717, 1.165) is 31.7 Å². The third kappa shape index (κ3) is 3.05. The molecule has 0 radical (unpaired) electrons. The fourth-order valence-corrected chi connectivity index (χ4v) is 5.68. The highest BCUT2D eigenvalue weighted by molar-refractivity contribution is 5.93. The van der Waals surface area contributed by atoms with Crippen molar-refractivity contribution in [2.24, 2.45) is 0 Å². The SMILES string of the molecule is CCC[NH+]1CCC2(CC1)Oc1ccccc1[C@@H]1C=C(c3cccc4ccccc34)NN12. The van der Waals surface area contributed by atoms with Crippen molar-refractivity contribution in [1.29, 1.82) is 0 Å². The minimum absolute atomic E-state index is 0.187. The van der Waals surface area contributed by atoms with Gasteiger partial charge in [-0.05, 0) is 29.3 Å². The zero-order valence-electron chi connectivity index (χ0n) is 18.1. The lowest BCUT2D eigenvalue weighted by atomic mass is 9.92. The molecule has 0 bridgehead atoms. The lowest BCUT2D eigenvalue weighted by Crippen LogP contribution is -3.14. The van der Waals surface area contributed by atoms with E-state index in [9.17, 15) is 0 Å². The molecule has 0 aromatic heterocycles. The average molecular weight is 413 g/mol. The van der Waals surface area contributed by atoms with Crippen LogP contribution in [-0.2, 0) is 0 Å². The van der Waals surface area contributed by atoms with Crippen molar-refractivity contribution in [2.75, 3.05) is 19.6 Å². The number of piperidine rings is 1. The number of nitrogens with one attached hydrogen (secondary N) is 2. The zero-order valence-corrected chi connectivity index (χ0v) is 18.1. The number of likely N-dealkylation sites (tertiary alicyclic amines) is 1. The number of nitrogens with zero attached hydrogens (tertiary/aromatic N) is 1. The van der Waals surface area contributed by atoms with Crippen molar-refractivity contribution >= 4 is 16.5 Å². The molecule has 0 unspecified atom stereocenters. The van der Waals surface area contributed by atoms with Crippen molar-refractivity contribution in [2.45, 2.75) is 38.0 Å². The Hall–Kier alpha value is -2.82. The van der Waals surface area contributed by atoms with E-state index in [1.165, 1.54) is 40.6 Å². The van der Waals surface area contributed by atoms with Gasteiger partial charge in [-0.25, -0.2) is 0 Å². The minimum Gasteiger partial charge on any atom is -0.470 e. The monoisotopic (exact) mass is 412 g/mol. The fraction of sp³-hybridized carbons (Fsp3) is 0.333. The number of rotatable bonds is 3. The summed E-state index contributed by atoms with van der Waals surface area (Å²) in [4.78, 5) is 1.70. The molecule has 3 heterocycles. The van der Waals surface area contributed by atoms with Crippen LogP contribution in [0, 0.1) is 0 Å². The predicted molar refractivity (Wildman–Crippen MR) is 125 cm³/mol. The van der Waals surface area contributed by atoms with E-state index in [-0.39, 0.29) is 11.8 Å². The highest BCUT2D eigenvalue weighted by atomic mass is 16.5. The molecule has 0 amide bonds. The van der Waals surface area contributed by atoms with E-state index in [1.807, 2.05) is 0 Å². The van der Waals surface area contributed by atoms with Gasteiger partial charge in [-0.1, -0.05) is 67.6 Å². The quantitative estimate of drug-likeness (QED) is 0.683. The molecule has 4 nitrogen and oxygen atoms in total. The molecular weight excluding hydrogens is 382 g/mol.